The summed E-state index contributed by atoms with van der Waals surface area (Å²) in [5.74, 6) is -2.12. The molecular formula is C22H22F2N4O2. The third-order valence-electron chi connectivity index (χ3n) is 4.46. The Labute approximate surface area is 172 Å². The molecule has 0 bridgehead atoms. The standard InChI is InChI=1S/C22H22F2N4O2/c1-13(2)21(29)26-16-7-4-14(5-8-16)11-25-22(30)18-12-28(3)27-20(18)17-9-6-15(23)10-19(17)24/h4-10,12-13H,11H2,1-3H3,(H,25,30)(H,26,29). The molecule has 30 heavy (non-hydrogen) atoms. The molecular weight excluding hydrogens is 390 g/mol. The molecule has 3 aromatic rings. The Balaban J connectivity index is 1.71. The fraction of sp³-hybridized carbons (Fsp3) is 0.227. The first-order chi connectivity index (χ1) is 14.2. The highest BCUT2D eigenvalue weighted by molar-refractivity contribution is 5.99. The van der Waals surface area contributed by atoms with Gasteiger partial charge >= 0.3 is 0 Å². The number of nitrogens with zero attached hydrogens (tertiary/aromatic N) is 2. The molecule has 0 atom stereocenters. The monoisotopic (exact) mass is 412 g/mol. The van der Waals surface area contributed by atoms with Crippen molar-refractivity contribution in [3.8, 4) is 11.3 Å². The van der Waals surface area contributed by atoms with Gasteiger partial charge in [-0.3, -0.25) is 14.3 Å². The summed E-state index contributed by atoms with van der Waals surface area (Å²) in [4.78, 5) is 24.4. The van der Waals surface area contributed by atoms with E-state index < -0.39 is 17.5 Å². The van der Waals surface area contributed by atoms with Crippen molar-refractivity contribution < 1.29 is 18.4 Å². The van der Waals surface area contributed by atoms with Crippen molar-refractivity contribution in [3.63, 3.8) is 0 Å². The summed E-state index contributed by atoms with van der Waals surface area (Å²) < 4.78 is 28.8. The Kier molecular flexibility index (Phi) is 6.25. The first-order valence-electron chi connectivity index (χ1n) is 9.41. The SMILES string of the molecule is CC(C)C(=O)Nc1ccc(CNC(=O)c2cn(C)nc2-c2ccc(F)cc2F)cc1. The Bertz CT molecular complexity index is 1080. The van der Waals surface area contributed by atoms with E-state index in [-0.39, 0.29) is 35.2 Å². The van der Waals surface area contributed by atoms with Gasteiger partial charge in [0.2, 0.25) is 5.91 Å². The second-order valence-electron chi connectivity index (χ2n) is 7.21. The van der Waals surface area contributed by atoms with Gasteiger partial charge in [-0.2, -0.15) is 5.10 Å². The minimum absolute atomic E-state index is 0.0485. The number of anilines is 1. The summed E-state index contributed by atoms with van der Waals surface area (Å²) in [5.41, 5.74) is 1.87. The van der Waals surface area contributed by atoms with E-state index in [1.54, 1.807) is 31.3 Å². The molecule has 0 aliphatic carbocycles. The lowest BCUT2D eigenvalue weighted by atomic mass is 10.1. The predicted octanol–water partition coefficient (Wildman–Crippen LogP) is 3.89. The molecule has 3 rings (SSSR count). The van der Waals surface area contributed by atoms with Crippen molar-refractivity contribution in [1.29, 1.82) is 0 Å². The molecule has 1 heterocycles. The molecule has 8 heteroatoms. The number of hydrogen-bond donors (Lipinski definition) is 2. The molecule has 0 saturated heterocycles. The molecule has 2 amide bonds. The topological polar surface area (TPSA) is 76.0 Å². The van der Waals surface area contributed by atoms with E-state index in [1.807, 2.05) is 13.8 Å². The van der Waals surface area contributed by atoms with Crippen molar-refractivity contribution in [3.05, 3.63) is 71.4 Å². The van der Waals surface area contributed by atoms with Crippen molar-refractivity contribution >= 4 is 17.5 Å². The number of aryl methyl sites for hydroxylation is 1. The molecule has 2 aromatic carbocycles. The predicted molar refractivity (Wildman–Crippen MR) is 110 cm³/mol. The maximum atomic E-state index is 14.2. The van der Waals surface area contributed by atoms with Crippen LogP contribution in [0.1, 0.15) is 29.8 Å². The lowest BCUT2D eigenvalue weighted by Crippen LogP contribution is -2.23. The van der Waals surface area contributed by atoms with Gasteiger partial charge in [0.05, 0.1) is 5.56 Å². The van der Waals surface area contributed by atoms with E-state index in [0.29, 0.717) is 5.69 Å². The Hall–Kier alpha value is -3.55. The van der Waals surface area contributed by atoms with Crippen LogP contribution < -0.4 is 10.6 Å². The molecule has 156 valence electrons. The highest BCUT2D eigenvalue weighted by atomic mass is 19.1. The quantitative estimate of drug-likeness (QED) is 0.645. The van der Waals surface area contributed by atoms with E-state index in [4.69, 9.17) is 0 Å². The van der Waals surface area contributed by atoms with Crippen LogP contribution in [0.25, 0.3) is 11.3 Å². The molecule has 0 saturated carbocycles. The van der Waals surface area contributed by atoms with Crippen molar-refractivity contribution in [2.75, 3.05) is 5.32 Å². The highest BCUT2D eigenvalue weighted by Gasteiger charge is 2.20. The summed E-state index contributed by atoms with van der Waals surface area (Å²) >= 11 is 0. The van der Waals surface area contributed by atoms with Crippen molar-refractivity contribution in [1.82, 2.24) is 15.1 Å². The van der Waals surface area contributed by atoms with Crippen LogP contribution in [0, 0.1) is 17.6 Å². The molecule has 0 fully saturated rings. The maximum absolute atomic E-state index is 14.2. The number of nitrogens with one attached hydrogen (secondary N) is 2. The molecule has 0 spiro atoms. The molecule has 0 radical (unpaired) electrons. The second-order valence-corrected chi connectivity index (χ2v) is 7.21. The van der Waals surface area contributed by atoms with Crippen LogP contribution in [0.2, 0.25) is 0 Å². The second kappa shape index (κ2) is 8.86. The Morgan fingerprint density at radius 1 is 1.10 bits per heavy atom. The maximum Gasteiger partial charge on any atom is 0.255 e. The number of halogens is 2. The number of aromatic nitrogens is 2. The minimum atomic E-state index is -0.790. The Morgan fingerprint density at radius 3 is 2.43 bits per heavy atom. The van der Waals surface area contributed by atoms with Crippen LogP contribution in [0.3, 0.4) is 0 Å². The van der Waals surface area contributed by atoms with E-state index in [0.717, 1.165) is 17.7 Å². The zero-order valence-corrected chi connectivity index (χ0v) is 16.9. The number of benzene rings is 2. The van der Waals surface area contributed by atoms with Crippen LogP contribution in [0.15, 0.2) is 48.7 Å². The van der Waals surface area contributed by atoms with Gasteiger partial charge in [-0.15, -0.1) is 0 Å². The van der Waals surface area contributed by atoms with E-state index in [1.165, 1.54) is 16.9 Å². The van der Waals surface area contributed by atoms with Gasteiger partial charge in [0.15, 0.2) is 0 Å². The number of carbonyl (C=O) groups is 2. The summed E-state index contributed by atoms with van der Waals surface area (Å²) in [5, 5.41) is 9.72. The van der Waals surface area contributed by atoms with Crippen molar-refractivity contribution in [2.24, 2.45) is 13.0 Å². The van der Waals surface area contributed by atoms with E-state index >= 15 is 0 Å². The Morgan fingerprint density at radius 2 is 1.80 bits per heavy atom. The first kappa shape index (κ1) is 21.2. The van der Waals surface area contributed by atoms with Gasteiger partial charge in [-0.25, -0.2) is 8.78 Å². The number of amides is 2. The van der Waals surface area contributed by atoms with Crippen LogP contribution in [0.5, 0.6) is 0 Å². The van der Waals surface area contributed by atoms with E-state index in [2.05, 4.69) is 15.7 Å². The molecule has 0 aliphatic heterocycles. The molecule has 0 unspecified atom stereocenters. The summed E-state index contributed by atoms with van der Waals surface area (Å²) in [6.45, 7) is 3.85. The van der Waals surface area contributed by atoms with Crippen LogP contribution in [-0.4, -0.2) is 21.6 Å². The fourth-order valence-corrected chi connectivity index (χ4v) is 2.81. The summed E-state index contributed by atoms with van der Waals surface area (Å²) in [7, 11) is 1.62. The van der Waals surface area contributed by atoms with Gasteiger partial charge in [0.25, 0.3) is 5.91 Å². The van der Waals surface area contributed by atoms with E-state index in [9.17, 15) is 18.4 Å². The van der Waals surface area contributed by atoms with Gasteiger partial charge in [-0.1, -0.05) is 26.0 Å². The van der Waals surface area contributed by atoms with Gasteiger partial charge in [0.1, 0.15) is 17.3 Å². The van der Waals surface area contributed by atoms with Gasteiger partial charge in [-0.05, 0) is 29.8 Å². The van der Waals surface area contributed by atoms with Gasteiger partial charge in [0, 0.05) is 43.0 Å². The largest absolute Gasteiger partial charge is 0.348 e. The zero-order chi connectivity index (χ0) is 21.8. The minimum Gasteiger partial charge on any atom is -0.348 e. The first-order valence-corrected chi connectivity index (χ1v) is 9.41. The van der Waals surface area contributed by atoms with Crippen LogP contribution in [-0.2, 0) is 18.4 Å². The van der Waals surface area contributed by atoms with Crippen molar-refractivity contribution in [2.45, 2.75) is 20.4 Å². The normalized spacial score (nSPS) is 10.9. The van der Waals surface area contributed by atoms with Crippen LogP contribution >= 0.6 is 0 Å². The summed E-state index contributed by atoms with van der Waals surface area (Å²) in [6, 6.07) is 10.2. The molecule has 1 aromatic heterocycles. The average Bonchev–Trinajstić information content (AvgIpc) is 3.08. The third-order valence-corrected chi connectivity index (χ3v) is 4.46. The fourth-order valence-electron chi connectivity index (χ4n) is 2.81. The molecule has 6 nitrogen and oxygen atoms in total. The molecule has 0 aliphatic rings. The highest BCUT2D eigenvalue weighted by Crippen LogP contribution is 2.25. The lowest BCUT2D eigenvalue weighted by Gasteiger charge is -2.09. The number of rotatable bonds is 6. The third kappa shape index (κ3) is 4.89. The smallest absolute Gasteiger partial charge is 0.255 e. The van der Waals surface area contributed by atoms with Gasteiger partial charge < -0.3 is 10.6 Å². The lowest BCUT2D eigenvalue weighted by molar-refractivity contribution is -0.118. The number of hydrogen-bond acceptors (Lipinski definition) is 3. The van der Waals surface area contributed by atoms with Crippen LogP contribution in [0.4, 0.5) is 14.5 Å². The number of carbonyl (C=O) groups excluding carboxylic acids is 2. The molecule has 2 N–H and O–H groups in total. The zero-order valence-electron chi connectivity index (χ0n) is 16.9. The average molecular weight is 412 g/mol. The summed E-state index contributed by atoms with van der Waals surface area (Å²) in [6.07, 6.45) is 1.48.